The summed E-state index contributed by atoms with van der Waals surface area (Å²) in [5.74, 6) is -0.500. The third-order valence-corrected chi connectivity index (χ3v) is 14.1. The van der Waals surface area contributed by atoms with Crippen molar-refractivity contribution < 1.29 is 37.3 Å². The van der Waals surface area contributed by atoms with E-state index in [0.717, 1.165) is 64.2 Å². The van der Waals surface area contributed by atoms with Crippen molar-refractivity contribution in [2.45, 2.75) is 290 Å². The van der Waals surface area contributed by atoms with Crippen LogP contribution in [0.2, 0.25) is 0 Å². The van der Waals surface area contributed by atoms with Crippen molar-refractivity contribution in [3.8, 4) is 0 Å². The minimum atomic E-state index is -4.44. The first-order chi connectivity index (χ1) is 33.4. The van der Waals surface area contributed by atoms with Gasteiger partial charge >= 0.3 is 13.8 Å². The molecule has 0 aromatic heterocycles. The quantitative estimate of drug-likeness (QED) is 0.0205. The predicted octanol–water partition coefficient (Wildman–Crippen LogP) is 17.6. The first-order valence-corrected chi connectivity index (χ1v) is 30.8. The van der Waals surface area contributed by atoms with Gasteiger partial charge in [-0.15, -0.1) is 0 Å². The van der Waals surface area contributed by atoms with Crippen LogP contribution in [0.25, 0.3) is 0 Å². The molecule has 0 rings (SSSR count). The third-order valence-electron chi connectivity index (χ3n) is 13.1. The van der Waals surface area contributed by atoms with Crippen LogP contribution in [-0.4, -0.2) is 74.3 Å². The molecule has 0 aliphatic rings. The molecule has 69 heavy (non-hydrogen) atoms. The number of hydrogen-bond donors (Lipinski definition) is 2. The zero-order valence-corrected chi connectivity index (χ0v) is 47.2. The summed E-state index contributed by atoms with van der Waals surface area (Å²) in [7, 11) is 1.50. The standard InChI is InChI=1S/C59H113N2O7P/c1-7-10-13-16-19-22-25-26-27-28-29-30-31-32-33-34-37-39-42-45-48-51-58(62)60-56(55-67-69(64,65)66-54-53-61(4,5)6)57(50-47-44-41-38-35-23-20-17-14-11-8-2)68-59(63)52-49-46-43-40-36-24-21-18-15-12-9-3/h19,22,26-27,47,50,56-57H,7-18,20-21,23-25,28-46,48-49,51-55H2,1-6H3,(H-,60,62,64,65)/p+1/b22-19-,27-26-,50-47-. The van der Waals surface area contributed by atoms with Crippen LogP contribution in [0.3, 0.4) is 0 Å². The summed E-state index contributed by atoms with van der Waals surface area (Å²) in [5.41, 5.74) is 0. The van der Waals surface area contributed by atoms with Gasteiger partial charge in [-0.1, -0.05) is 237 Å². The number of carbonyl (C=O) groups is 2. The number of phosphoric acid groups is 1. The van der Waals surface area contributed by atoms with Gasteiger partial charge in [0.25, 0.3) is 0 Å². The Morgan fingerprint density at radius 3 is 1.33 bits per heavy atom. The van der Waals surface area contributed by atoms with Crippen LogP contribution in [0.4, 0.5) is 0 Å². The lowest BCUT2D eigenvalue weighted by molar-refractivity contribution is -0.870. The van der Waals surface area contributed by atoms with Gasteiger partial charge in [0.05, 0.1) is 33.8 Å². The number of unbranched alkanes of at least 4 members (excludes halogenated alkanes) is 33. The molecule has 0 saturated heterocycles. The summed E-state index contributed by atoms with van der Waals surface area (Å²) >= 11 is 0. The fraction of sp³-hybridized carbons (Fsp3) is 0.864. The van der Waals surface area contributed by atoms with Gasteiger partial charge in [0.1, 0.15) is 19.3 Å². The number of carbonyl (C=O) groups excluding carboxylic acids is 2. The Labute approximate surface area is 427 Å². The molecule has 0 saturated carbocycles. The number of nitrogens with one attached hydrogen (secondary N) is 1. The summed E-state index contributed by atoms with van der Waals surface area (Å²) in [4.78, 5) is 37.5. The average molecular weight is 995 g/mol. The van der Waals surface area contributed by atoms with E-state index in [-0.39, 0.29) is 25.1 Å². The van der Waals surface area contributed by atoms with Crippen molar-refractivity contribution in [3.05, 3.63) is 36.5 Å². The van der Waals surface area contributed by atoms with Crippen molar-refractivity contribution >= 4 is 19.7 Å². The Balaban J connectivity index is 5.17. The average Bonchev–Trinajstić information content (AvgIpc) is 3.31. The van der Waals surface area contributed by atoms with Gasteiger partial charge in [0.2, 0.25) is 5.91 Å². The number of phosphoric ester groups is 1. The Morgan fingerprint density at radius 1 is 0.507 bits per heavy atom. The lowest BCUT2D eigenvalue weighted by Gasteiger charge is -2.27. The maximum Gasteiger partial charge on any atom is 0.472 e. The van der Waals surface area contributed by atoms with Crippen molar-refractivity contribution in [2.24, 2.45) is 0 Å². The van der Waals surface area contributed by atoms with Crippen molar-refractivity contribution in [3.63, 3.8) is 0 Å². The number of esters is 1. The minimum Gasteiger partial charge on any atom is -0.456 e. The van der Waals surface area contributed by atoms with Gasteiger partial charge in [-0.25, -0.2) is 4.57 Å². The van der Waals surface area contributed by atoms with E-state index in [9.17, 15) is 19.0 Å². The largest absolute Gasteiger partial charge is 0.472 e. The molecule has 1 amide bonds. The second-order valence-electron chi connectivity index (χ2n) is 21.2. The Kier molecular flexibility index (Phi) is 48.5. The van der Waals surface area contributed by atoms with Crippen LogP contribution in [0.5, 0.6) is 0 Å². The molecule has 0 heterocycles. The number of ether oxygens (including phenoxy) is 1. The molecule has 10 heteroatoms. The zero-order chi connectivity index (χ0) is 50.8. The van der Waals surface area contributed by atoms with Gasteiger partial charge < -0.3 is 19.4 Å². The van der Waals surface area contributed by atoms with Crippen LogP contribution in [0, 0.1) is 0 Å². The smallest absolute Gasteiger partial charge is 0.456 e. The van der Waals surface area contributed by atoms with Crippen LogP contribution < -0.4 is 5.32 Å². The lowest BCUT2D eigenvalue weighted by atomic mass is 10.0. The van der Waals surface area contributed by atoms with Crippen molar-refractivity contribution in [2.75, 3.05) is 40.9 Å². The summed E-state index contributed by atoms with van der Waals surface area (Å²) < 4.78 is 30.6. The summed E-state index contributed by atoms with van der Waals surface area (Å²) in [6, 6.07) is -0.843. The van der Waals surface area contributed by atoms with Crippen molar-refractivity contribution in [1.29, 1.82) is 0 Å². The van der Waals surface area contributed by atoms with E-state index in [4.69, 9.17) is 13.8 Å². The highest BCUT2D eigenvalue weighted by Gasteiger charge is 2.30. The Morgan fingerprint density at radius 2 is 0.884 bits per heavy atom. The topological polar surface area (TPSA) is 111 Å². The number of nitrogens with zero attached hydrogens (tertiary/aromatic N) is 1. The number of quaternary nitrogens is 1. The molecule has 406 valence electrons. The molecule has 0 aliphatic carbocycles. The maximum absolute atomic E-state index is 13.5. The minimum absolute atomic E-state index is 0.0419. The molecular formula is C59H114N2O7P+. The molecule has 0 aromatic rings. The SMILES string of the molecule is CCCCC/C=C\C/C=C\CCCCCCCCCCCCCC(=O)NC(COP(=O)(O)OCC[N+](C)(C)C)C(/C=C\CCCCCCCCCCC)OC(=O)CCCCCCCCCCCCC. The third kappa shape index (κ3) is 51.0. The van der Waals surface area contributed by atoms with E-state index in [1.807, 2.05) is 33.3 Å². The fourth-order valence-electron chi connectivity index (χ4n) is 8.50. The summed E-state index contributed by atoms with van der Waals surface area (Å²) in [6.07, 6.45) is 58.5. The van der Waals surface area contributed by atoms with Crippen molar-refractivity contribution in [1.82, 2.24) is 5.32 Å². The molecule has 0 radical (unpaired) electrons. The normalized spacial score (nSPS) is 14.0. The monoisotopic (exact) mass is 994 g/mol. The van der Waals surface area contributed by atoms with Crippen LogP contribution in [0.15, 0.2) is 36.5 Å². The highest BCUT2D eigenvalue weighted by molar-refractivity contribution is 7.47. The van der Waals surface area contributed by atoms with E-state index < -0.39 is 20.0 Å². The number of allylic oxidation sites excluding steroid dienone is 5. The summed E-state index contributed by atoms with van der Waals surface area (Å²) in [6.45, 7) is 6.99. The van der Waals surface area contributed by atoms with Crippen LogP contribution in [0.1, 0.15) is 278 Å². The molecule has 3 unspecified atom stereocenters. The first kappa shape index (κ1) is 67.2. The molecule has 0 aliphatic heterocycles. The van der Waals surface area contributed by atoms with E-state index in [1.54, 1.807) is 0 Å². The van der Waals surface area contributed by atoms with E-state index in [0.29, 0.717) is 23.9 Å². The molecule has 0 bridgehead atoms. The van der Waals surface area contributed by atoms with E-state index >= 15 is 0 Å². The van der Waals surface area contributed by atoms with Gasteiger partial charge in [-0.05, 0) is 63.9 Å². The van der Waals surface area contributed by atoms with Gasteiger partial charge in [0.15, 0.2) is 0 Å². The Hall–Kier alpha value is -1.77. The molecule has 9 nitrogen and oxygen atoms in total. The summed E-state index contributed by atoms with van der Waals surface area (Å²) in [5, 5.41) is 3.05. The molecule has 2 N–H and O–H groups in total. The zero-order valence-electron chi connectivity index (χ0n) is 46.3. The Bertz CT molecular complexity index is 1280. The second-order valence-corrected chi connectivity index (χ2v) is 22.6. The number of rotatable bonds is 53. The maximum atomic E-state index is 13.5. The molecule has 3 atom stereocenters. The molecule has 0 aromatic carbocycles. The van der Waals surface area contributed by atoms with E-state index in [1.165, 1.54) is 180 Å². The highest BCUT2D eigenvalue weighted by Crippen LogP contribution is 2.43. The van der Waals surface area contributed by atoms with Gasteiger partial charge in [-0.2, -0.15) is 0 Å². The molecule has 0 spiro atoms. The molecular weight excluding hydrogens is 880 g/mol. The second kappa shape index (κ2) is 49.8. The lowest BCUT2D eigenvalue weighted by Crippen LogP contribution is -2.47. The number of amides is 1. The van der Waals surface area contributed by atoms with E-state index in [2.05, 4.69) is 50.4 Å². The fourth-order valence-corrected chi connectivity index (χ4v) is 9.24. The van der Waals surface area contributed by atoms with Crippen LogP contribution in [-0.2, 0) is 27.9 Å². The van der Waals surface area contributed by atoms with Crippen LogP contribution >= 0.6 is 7.82 Å². The first-order valence-electron chi connectivity index (χ1n) is 29.3. The van der Waals surface area contributed by atoms with Gasteiger partial charge in [-0.3, -0.25) is 18.6 Å². The molecule has 0 fully saturated rings. The van der Waals surface area contributed by atoms with Gasteiger partial charge in [0, 0.05) is 12.8 Å². The number of hydrogen-bond acceptors (Lipinski definition) is 6. The predicted molar refractivity (Wildman–Crippen MR) is 296 cm³/mol. The highest BCUT2D eigenvalue weighted by atomic mass is 31.2. The number of likely N-dealkylation sites (N-methyl/N-ethyl adjacent to an activating group) is 1.